The minimum absolute atomic E-state index is 0.0505. The lowest BCUT2D eigenvalue weighted by Gasteiger charge is -2.21. The van der Waals surface area contributed by atoms with Gasteiger partial charge in [-0.15, -0.1) is 0 Å². The molecule has 3 unspecified atom stereocenters. The summed E-state index contributed by atoms with van der Waals surface area (Å²) in [7, 11) is -0.943. The Balaban J connectivity index is 1.35. The molecule has 6 heteroatoms. The van der Waals surface area contributed by atoms with E-state index < -0.39 is 10.8 Å². The van der Waals surface area contributed by atoms with Gasteiger partial charge < -0.3 is 10.1 Å². The monoisotopic (exact) mass is 401 g/mol. The van der Waals surface area contributed by atoms with E-state index in [-0.39, 0.29) is 28.8 Å². The molecule has 0 spiro atoms. The summed E-state index contributed by atoms with van der Waals surface area (Å²) in [6.45, 7) is 1.36. The number of hydrogen-bond acceptors (Lipinski definition) is 3. The molecule has 1 aliphatic carbocycles. The molecule has 0 bridgehead atoms. The fourth-order valence-corrected chi connectivity index (χ4v) is 5.26. The third kappa shape index (κ3) is 4.50. The quantitative estimate of drug-likeness (QED) is 0.796. The van der Waals surface area contributed by atoms with Crippen molar-refractivity contribution in [2.24, 2.45) is 5.92 Å². The Labute approximate surface area is 166 Å². The largest absolute Gasteiger partial charge is 0.381 e. The second kappa shape index (κ2) is 8.53. The third-order valence-corrected chi connectivity index (χ3v) is 7.31. The predicted molar refractivity (Wildman–Crippen MR) is 108 cm³/mol. The number of nitrogens with one attached hydrogen (secondary N) is 1. The van der Waals surface area contributed by atoms with Crippen molar-refractivity contribution in [3.05, 3.63) is 65.5 Å². The highest BCUT2D eigenvalue weighted by Crippen LogP contribution is 2.48. The average Bonchev–Trinajstić information content (AvgIpc) is 3.50. The molecule has 1 saturated heterocycles. The van der Waals surface area contributed by atoms with Crippen LogP contribution in [0.3, 0.4) is 0 Å². The maximum atomic E-state index is 13.9. The second-order valence-corrected chi connectivity index (χ2v) is 9.21. The number of hydrogen-bond donors (Lipinski definition) is 1. The van der Waals surface area contributed by atoms with Gasteiger partial charge in [-0.2, -0.15) is 0 Å². The minimum atomic E-state index is -0.943. The number of amides is 1. The van der Waals surface area contributed by atoms with E-state index in [0.29, 0.717) is 36.6 Å². The summed E-state index contributed by atoms with van der Waals surface area (Å²) in [6, 6.07) is 14.2. The van der Waals surface area contributed by atoms with Crippen LogP contribution in [0.25, 0.3) is 0 Å². The second-order valence-electron chi connectivity index (χ2n) is 7.50. The SMILES string of the molecule is O=C(Nc1cccc(CS(=O)C2CCOCC2)c1)C1CC1c1ccccc1F. The highest BCUT2D eigenvalue weighted by Gasteiger charge is 2.45. The predicted octanol–water partition coefficient (Wildman–Crippen LogP) is 4.00. The topological polar surface area (TPSA) is 55.4 Å². The summed E-state index contributed by atoms with van der Waals surface area (Å²) >= 11 is 0. The molecule has 28 heavy (non-hydrogen) atoms. The molecule has 2 aromatic rings. The molecular weight excluding hydrogens is 377 g/mol. The van der Waals surface area contributed by atoms with Crippen molar-refractivity contribution in [2.45, 2.75) is 36.2 Å². The fourth-order valence-electron chi connectivity index (χ4n) is 3.80. The molecule has 1 N–H and O–H groups in total. The Morgan fingerprint density at radius 3 is 2.71 bits per heavy atom. The van der Waals surface area contributed by atoms with Crippen LogP contribution in [-0.4, -0.2) is 28.6 Å². The molecule has 1 aliphatic heterocycles. The lowest BCUT2D eigenvalue weighted by molar-refractivity contribution is -0.117. The number of anilines is 1. The number of carbonyl (C=O) groups is 1. The van der Waals surface area contributed by atoms with E-state index in [1.807, 2.05) is 24.3 Å². The Morgan fingerprint density at radius 1 is 1.14 bits per heavy atom. The summed E-state index contributed by atoms with van der Waals surface area (Å²) in [6.07, 6.45) is 2.34. The maximum absolute atomic E-state index is 13.9. The smallest absolute Gasteiger partial charge is 0.228 e. The lowest BCUT2D eigenvalue weighted by atomic mass is 10.1. The van der Waals surface area contributed by atoms with Gasteiger partial charge in [0, 0.05) is 46.6 Å². The van der Waals surface area contributed by atoms with Crippen LogP contribution in [0, 0.1) is 11.7 Å². The molecule has 2 aliphatic rings. The minimum Gasteiger partial charge on any atom is -0.381 e. The standard InChI is InChI=1S/C22H24FNO3S/c23-21-7-2-1-6-18(21)19-13-20(19)22(25)24-16-5-3-4-15(12-16)14-28(26)17-8-10-27-11-9-17/h1-7,12,17,19-20H,8-11,13-14H2,(H,24,25). The van der Waals surface area contributed by atoms with E-state index in [4.69, 9.17) is 4.74 Å². The molecule has 3 atom stereocenters. The van der Waals surface area contributed by atoms with Gasteiger partial charge >= 0.3 is 0 Å². The van der Waals surface area contributed by atoms with Gasteiger partial charge in [0.05, 0.1) is 0 Å². The van der Waals surface area contributed by atoms with Crippen LogP contribution in [0.1, 0.15) is 36.3 Å². The highest BCUT2D eigenvalue weighted by atomic mass is 32.2. The van der Waals surface area contributed by atoms with Gasteiger partial charge in [0.25, 0.3) is 0 Å². The molecule has 2 fully saturated rings. The van der Waals surface area contributed by atoms with Crippen LogP contribution in [0.15, 0.2) is 48.5 Å². The van der Waals surface area contributed by atoms with Crippen molar-refractivity contribution in [3.63, 3.8) is 0 Å². The van der Waals surface area contributed by atoms with Crippen LogP contribution in [0.2, 0.25) is 0 Å². The van der Waals surface area contributed by atoms with E-state index in [1.165, 1.54) is 6.07 Å². The summed E-state index contributed by atoms with van der Waals surface area (Å²) in [5.41, 5.74) is 2.26. The van der Waals surface area contributed by atoms with E-state index in [0.717, 1.165) is 18.4 Å². The van der Waals surface area contributed by atoms with Crippen molar-refractivity contribution >= 4 is 22.4 Å². The first kappa shape index (κ1) is 19.3. The zero-order chi connectivity index (χ0) is 19.5. The molecule has 1 saturated carbocycles. The molecule has 0 radical (unpaired) electrons. The van der Waals surface area contributed by atoms with Gasteiger partial charge in [-0.3, -0.25) is 9.00 Å². The van der Waals surface area contributed by atoms with Crippen LogP contribution in [-0.2, 0) is 26.1 Å². The van der Waals surface area contributed by atoms with E-state index in [9.17, 15) is 13.4 Å². The fraction of sp³-hybridized carbons (Fsp3) is 0.409. The van der Waals surface area contributed by atoms with Crippen molar-refractivity contribution < 1.29 is 18.1 Å². The Bertz CT molecular complexity index is 882. The zero-order valence-corrected chi connectivity index (χ0v) is 16.4. The lowest BCUT2D eigenvalue weighted by Crippen LogP contribution is -2.25. The molecule has 0 aromatic heterocycles. The molecule has 1 amide bonds. The van der Waals surface area contributed by atoms with Crippen LogP contribution in [0.4, 0.5) is 10.1 Å². The van der Waals surface area contributed by atoms with E-state index in [1.54, 1.807) is 18.2 Å². The van der Waals surface area contributed by atoms with Gasteiger partial charge in [0.2, 0.25) is 5.91 Å². The van der Waals surface area contributed by atoms with Gasteiger partial charge in [-0.05, 0) is 54.5 Å². The first-order chi connectivity index (χ1) is 13.6. The van der Waals surface area contributed by atoms with Gasteiger partial charge in [-0.1, -0.05) is 30.3 Å². The van der Waals surface area contributed by atoms with Crippen molar-refractivity contribution in [1.82, 2.24) is 0 Å². The van der Waals surface area contributed by atoms with Gasteiger partial charge in [0.15, 0.2) is 0 Å². The van der Waals surface area contributed by atoms with Gasteiger partial charge in [-0.25, -0.2) is 4.39 Å². The van der Waals surface area contributed by atoms with Crippen molar-refractivity contribution in [3.8, 4) is 0 Å². The average molecular weight is 402 g/mol. The summed E-state index contributed by atoms with van der Waals surface area (Å²) in [5, 5.41) is 3.12. The molecular formula is C22H24FNO3S. The number of halogens is 1. The Morgan fingerprint density at radius 2 is 1.93 bits per heavy atom. The molecule has 2 aromatic carbocycles. The summed E-state index contributed by atoms with van der Waals surface area (Å²) < 4.78 is 31.8. The number of ether oxygens (including phenoxy) is 1. The summed E-state index contributed by atoms with van der Waals surface area (Å²) in [4.78, 5) is 12.5. The van der Waals surface area contributed by atoms with Crippen LogP contribution < -0.4 is 5.32 Å². The Hall–Kier alpha value is -2.05. The van der Waals surface area contributed by atoms with Gasteiger partial charge in [0.1, 0.15) is 5.82 Å². The van der Waals surface area contributed by atoms with Crippen LogP contribution >= 0.6 is 0 Å². The number of rotatable bonds is 6. The highest BCUT2D eigenvalue weighted by molar-refractivity contribution is 7.84. The van der Waals surface area contributed by atoms with Crippen molar-refractivity contribution in [2.75, 3.05) is 18.5 Å². The van der Waals surface area contributed by atoms with E-state index >= 15 is 0 Å². The number of carbonyl (C=O) groups excluding carboxylic acids is 1. The molecule has 4 rings (SSSR count). The van der Waals surface area contributed by atoms with E-state index in [2.05, 4.69) is 5.32 Å². The van der Waals surface area contributed by atoms with Crippen molar-refractivity contribution in [1.29, 1.82) is 0 Å². The normalized spacial score (nSPS) is 23.2. The Kier molecular flexibility index (Phi) is 5.87. The maximum Gasteiger partial charge on any atom is 0.228 e. The first-order valence-electron chi connectivity index (χ1n) is 9.71. The third-order valence-electron chi connectivity index (χ3n) is 5.48. The molecule has 148 valence electrons. The summed E-state index contributed by atoms with van der Waals surface area (Å²) in [5.74, 6) is -0.103. The number of benzene rings is 2. The molecule has 4 nitrogen and oxygen atoms in total. The molecule has 1 heterocycles. The zero-order valence-electron chi connectivity index (χ0n) is 15.6. The first-order valence-corrected chi connectivity index (χ1v) is 11.1. The van der Waals surface area contributed by atoms with Crippen LogP contribution in [0.5, 0.6) is 0 Å².